The number of amides is 1. The lowest BCUT2D eigenvalue weighted by Gasteiger charge is -2.33. The number of benzene rings is 1. The molecule has 0 radical (unpaired) electrons. The average molecular weight is 272 g/mol. The quantitative estimate of drug-likeness (QED) is 0.910. The largest absolute Gasteiger partial charge is 0.480 e. The van der Waals surface area contributed by atoms with Crippen LogP contribution in [-0.4, -0.2) is 34.5 Å². The number of nitrogens with zero attached hydrogens (tertiary/aromatic N) is 2. The molecule has 5 heteroatoms. The van der Waals surface area contributed by atoms with Crippen molar-refractivity contribution < 1.29 is 14.7 Å². The Hall–Kier alpha value is -2.35. The first-order chi connectivity index (χ1) is 9.63. The molecule has 1 atom stereocenters. The van der Waals surface area contributed by atoms with E-state index >= 15 is 0 Å². The maximum Gasteiger partial charge on any atom is 0.326 e. The van der Waals surface area contributed by atoms with Crippen LogP contribution in [0.15, 0.2) is 24.3 Å². The van der Waals surface area contributed by atoms with Crippen LogP contribution in [-0.2, 0) is 11.2 Å². The minimum Gasteiger partial charge on any atom is -0.480 e. The number of nitriles is 1. The number of hydrogen-bond acceptors (Lipinski definition) is 3. The van der Waals surface area contributed by atoms with Crippen molar-refractivity contribution in [1.82, 2.24) is 4.90 Å². The number of likely N-dealkylation sites (tertiary alicyclic amines) is 1. The molecule has 0 bridgehead atoms. The first-order valence-corrected chi connectivity index (χ1v) is 6.63. The number of piperidine rings is 1. The van der Waals surface area contributed by atoms with Crippen molar-refractivity contribution in [3.63, 3.8) is 0 Å². The van der Waals surface area contributed by atoms with E-state index in [-0.39, 0.29) is 5.91 Å². The van der Waals surface area contributed by atoms with E-state index in [1.165, 1.54) is 4.90 Å². The first kappa shape index (κ1) is 14.1. The van der Waals surface area contributed by atoms with Crippen LogP contribution in [0.1, 0.15) is 35.2 Å². The molecule has 1 fully saturated rings. The summed E-state index contributed by atoms with van der Waals surface area (Å²) in [6.45, 7) is 0.482. The average Bonchev–Trinajstić information content (AvgIpc) is 2.47. The Morgan fingerprint density at radius 1 is 1.30 bits per heavy atom. The molecule has 0 saturated carbocycles. The Bertz CT molecular complexity index is 545. The van der Waals surface area contributed by atoms with Crippen LogP contribution in [0.25, 0.3) is 0 Å². The lowest BCUT2D eigenvalue weighted by Crippen LogP contribution is -2.47. The Morgan fingerprint density at radius 3 is 2.60 bits per heavy atom. The van der Waals surface area contributed by atoms with Crippen molar-refractivity contribution in [3.05, 3.63) is 35.4 Å². The summed E-state index contributed by atoms with van der Waals surface area (Å²) in [5.41, 5.74) is 1.32. The summed E-state index contributed by atoms with van der Waals surface area (Å²) in [6, 6.07) is 8.09. The Balaban J connectivity index is 2.16. The SMILES string of the molecule is N#CCc1ccc(C(=O)N2CCCC[C@H]2C(=O)O)cc1. The molecule has 1 N–H and O–H groups in total. The highest BCUT2D eigenvalue weighted by molar-refractivity contribution is 5.96. The van der Waals surface area contributed by atoms with Gasteiger partial charge in [-0.3, -0.25) is 4.79 Å². The van der Waals surface area contributed by atoms with E-state index < -0.39 is 12.0 Å². The summed E-state index contributed by atoms with van der Waals surface area (Å²) in [5, 5.41) is 17.8. The Morgan fingerprint density at radius 2 is 2.00 bits per heavy atom. The topological polar surface area (TPSA) is 81.4 Å². The van der Waals surface area contributed by atoms with Crippen LogP contribution in [0.3, 0.4) is 0 Å². The molecule has 1 aromatic carbocycles. The van der Waals surface area contributed by atoms with E-state index in [0.717, 1.165) is 18.4 Å². The van der Waals surface area contributed by atoms with Crippen molar-refractivity contribution >= 4 is 11.9 Å². The van der Waals surface area contributed by atoms with Gasteiger partial charge in [0, 0.05) is 12.1 Å². The molecule has 20 heavy (non-hydrogen) atoms. The molecule has 0 spiro atoms. The standard InChI is InChI=1S/C15H16N2O3/c16-9-8-11-4-6-12(7-5-11)14(18)17-10-2-1-3-13(17)15(19)20/h4-7,13H,1-3,8,10H2,(H,19,20)/t13-/m0/s1. The molecule has 2 rings (SSSR count). The molecule has 1 aromatic rings. The van der Waals surface area contributed by atoms with Crippen LogP contribution < -0.4 is 0 Å². The molecule has 5 nitrogen and oxygen atoms in total. The van der Waals surface area contributed by atoms with Crippen LogP contribution in [0.4, 0.5) is 0 Å². The van der Waals surface area contributed by atoms with E-state index in [9.17, 15) is 14.7 Å². The number of carboxylic acid groups (broad SMARTS) is 1. The van der Waals surface area contributed by atoms with E-state index in [1.807, 2.05) is 6.07 Å². The number of carbonyl (C=O) groups excluding carboxylic acids is 1. The van der Waals surface area contributed by atoms with E-state index in [1.54, 1.807) is 24.3 Å². The van der Waals surface area contributed by atoms with Crippen LogP contribution in [0, 0.1) is 11.3 Å². The highest BCUT2D eigenvalue weighted by Gasteiger charge is 2.32. The number of rotatable bonds is 3. The lowest BCUT2D eigenvalue weighted by atomic mass is 10.0. The molecule has 0 unspecified atom stereocenters. The van der Waals surface area contributed by atoms with Gasteiger partial charge < -0.3 is 10.0 Å². The Kier molecular flexibility index (Phi) is 4.36. The highest BCUT2D eigenvalue weighted by atomic mass is 16.4. The van der Waals surface area contributed by atoms with Crippen LogP contribution in [0.5, 0.6) is 0 Å². The molecular formula is C15H16N2O3. The fourth-order valence-corrected chi connectivity index (χ4v) is 2.45. The van der Waals surface area contributed by atoms with Crippen molar-refractivity contribution in [2.45, 2.75) is 31.7 Å². The zero-order chi connectivity index (χ0) is 14.5. The van der Waals surface area contributed by atoms with Crippen molar-refractivity contribution in [2.75, 3.05) is 6.54 Å². The molecule has 1 saturated heterocycles. The van der Waals surface area contributed by atoms with E-state index in [0.29, 0.717) is 24.9 Å². The summed E-state index contributed by atoms with van der Waals surface area (Å²) >= 11 is 0. The molecule has 1 amide bonds. The molecule has 0 aromatic heterocycles. The maximum atomic E-state index is 12.4. The molecule has 0 aliphatic carbocycles. The van der Waals surface area contributed by atoms with E-state index in [4.69, 9.17) is 5.26 Å². The van der Waals surface area contributed by atoms with Gasteiger partial charge in [-0.2, -0.15) is 5.26 Å². The summed E-state index contributed by atoms with van der Waals surface area (Å²) < 4.78 is 0. The minimum atomic E-state index is -0.945. The smallest absolute Gasteiger partial charge is 0.326 e. The molecule has 104 valence electrons. The molecule has 1 heterocycles. The van der Waals surface area contributed by atoms with Gasteiger partial charge in [-0.15, -0.1) is 0 Å². The second-order valence-electron chi connectivity index (χ2n) is 4.88. The van der Waals surface area contributed by atoms with Crippen LogP contribution >= 0.6 is 0 Å². The van der Waals surface area contributed by atoms with Gasteiger partial charge in [-0.25, -0.2) is 4.79 Å². The second-order valence-corrected chi connectivity index (χ2v) is 4.88. The lowest BCUT2D eigenvalue weighted by molar-refractivity contribution is -0.143. The van der Waals surface area contributed by atoms with Crippen molar-refractivity contribution in [3.8, 4) is 6.07 Å². The van der Waals surface area contributed by atoms with Gasteiger partial charge in [0.05, 0.1) is 12.5 Å². The van der Waals surface area contributed by atoms with Gasteiger partial charge in [-0.1, -0.05) is 12.1 Å². The normalized spacial score (nSPS) is 18.4. The zero-order valence-corrected chi connectivity index (χ0v) is 11.1. The Labute approximate surface area is 117 Å². The second kappa shape index (κ2) is 6.20. The third-order valence-corrected chi connectivity index (χ3v) is 3.53. The molecule has 1 aliphatic heterocycles. The summed E-state index contributed by atoms with van der Waals surface area (Å²) in [5.74, 6) is -1.19. The highest BCUT2D eigenvalue weighted by Crippen LogP contribution is 2.20. The van der Waals surface area contributed by atoms with Gasteiger partial charge in [0.25, 0.3) is 5.91 Å². The predicted molar refractivity (Wildman–Crippen MR) is 72.1 cm³/mol. The van der Waals surface area contributed by atoms with Crippen LogP contribution in [0.2, 0.25) is 0 Å². The summed E-state index contributed by atoms with van der Waals surface area (Å²) in [6.07, 6.45) is 2.48. The van der Waals surface area contributed by atoms with Gasteiger partial charge in [0.1, 0.15) is 6.04 Å². The van der Waals surface area contributed by atoms with Gasteiger partial charge in [0.15, 0.2) is 0 Å². The number of hydrogen-bond donors (Lipinski definition) is 1. The minimum absolute atomic E-state index is 0.249. The third-order valence-electron chi connectivity index (χ3n) is 3.53. The zero-order valence-electron chi connectivity index (χ0n) is 11.1. The third kappa shape index (κ3) is 2.97. The first-order valence-electron chi connectivity index (χ1n) is 6.63. The van der Waals surface area contributed by atoms with E-state index in [2.05, 4.69) is 0 Å². The molecular weight excluding hydrogens is 256 g/mol. The fraction of sp³-hybridized carbons (Fsp3) is 0.400. The van der Waals surface area contributed by atoms with Crippen molar-refractivity contribution in [2.24, 2.45) is 0 Å². The van der Waals surface area contributed by atoms with Gasteiger partial charge >= 0.3 is 5.97 Å². The maximum absolute atomic E-state index is 12.4. The monoisotopic (exact) mass is 272 g/mol. The molecule has 1 aliphatic rings. The predicted octanol–water partition coefficient (Wildman–Crippen LogP) is 1.83. The van der Waals surface area contributed by atoms with Crippen molar-refractivity contribution in [1.29, 1.82) is 5.26 Å². The fourth-order valence-electron chi connectivity index (χ4n) is 2.45. The number of carboxylic acids is 1. The summed E-state index contributed by atoms with van der Waals surface area (Å²) in [7, 11) is 0. The van der Waals surface area contributed by atoms with Gasteiger partial charge in [0.2, 0.25) is 0 Å². The summed E-state index contributed by atoms with van der Waals surface area (Å²) in [4.78, 5) is 25.0. The number of aliphatic carboxylic acids is 1. The van der Waals surface area contributed by atoms with Gasteiger partial charge in [-0.05, 0) is 37.0 Å². The number of carbonyl (C=O) groups is 2.